The highest BCUT2D eigenvalue weighted by Gasteiger charge is 2.53. The fourth-order valence-electron chi connectivity index (χ4n) is 9.29. The van der Waals surface area contributed by atoms with Gasteiger partial charge in [0, 0.05) is 11.1 Å². The van der Waals surface area contributed by atoms with Gasteiger partial charge in [-0.3, -0.25) is 4.99 Å². The summed E-state index contributed by atoms with van der Waals surface area (Å²) in [6.07, 6.45) is 1.80. The van der Waals surface area contributed by atoms with Gasteiger partial charge < -0.3 is 5.32 Å². The van der Waals surface area contributed by atoms with Crippen LogP contribution < -0.4 is 5.32 Å². The molecule has 1 aliphatic heterocycles. The van der Waals surface area contributed by atoms with Crippen LogP contribution in [0.4, 0.5) is 0 Å². The summed E-state index contributed by atoms with van der Waals surface area (Å²) in [7, 11) is 0. The molecule has 1 spiro atoms. The van der Waals surface area contributed by atoms with Crippen molar-refractivity contribution in [1.29, 1.82) is 5.26 Å². The van der Waals surface area contributed by atoms with E-state index >= 15 is 0 Å². The first kappa shape index (κ1) is 31.9. The zero-order valence-corrected chi connectivity index (χ0v) is 30.2. The first-order chi connectivity index (χ1) is 26.5. The number of benzene rings is 7. The molecular weight excluding hydrogens is 655 g/mol. The van der Waals surface area contributed by atoms with Crippen LogP contribution in [0.5, 0.6) is 0 Å². The fourth-order valence-corrected chi connectivity index (χ4v) is 9.29. The van der Waals surface area contributed by atoms with Gasteiger partial charge in [0.15, 0.2) is 0 Å². The maximum atomic E-state index is 9.60. The Balaban J connectivity index is 1.09. The van der Waals surface area contributed by atoms with Crippen molar-refractivity contribution in [2.45, 2.75) is 30.8 Å². The largest absolute Gasteiger partial charge is 0.360 e. The smallest absolute Gasteiger partial charge is 0.145 e. The molecule has 3 heteroatoms. The van der Waals surface area contributed by atoms with Gasteiger partial charge in [-0.15, -0.1) is 0 Å². The number of hydrogen-bond donors (Lipinski definition) is 1. The Hall–Kier alpha value is -6.76. The normalized spacial score (nSPS) is 16.8. The molecule has 7 aromatic rings. The predicted molar refractivity (Wildman–Crippen MR) is 219 cm³/mol. The fraction of sp³-hybridized carbons (Fsp3) is 0.0980. The number of nitrogens with one attached hydrogen (secondary N) is 1. The third-order valence-corrected chi connectivity index (χ3v) is 11.8. The van der Waals surface area contributed by atoms with Gasteiger partial charge in [-0.25, -0.2) is 0 Å². The Kier molecular flexibility index (Phi) is 7.19. The number of rotatable bonds is 4. The summed E-state index contributed by atoms with van der Waals surface area (Å²) in [4.78, 5) is 5.09. The summed E-state index contributed by atoms with van der Waals surface area (Å²) in [5.74, 6) is 0. The van der Waals surface area contributed by atoms with E-state index < -0.39 is 5.41 Å². The van der Waals surface area contributed by atoms with E-state index in [9.17, 15) is 5.26 Å². The molecule has 1 N–H and O–H groups in total. The van der Waals surface area contributed by atoms with Gasteiger partial charge >= 0.3 is 0 Å². The number of aliphatic imine (C=N–C) groups is 1. The van der Waals surface area contributed by atoms with Crippen LogP contribution in [0.3, 0.4) is 0 Å². The Morgan fingerprint density at radius 3 is 1.81 bits per heavy atom. The molecule has 0 saturated carbocycles. The van der Waals surface area contributed by atoms with Gasteiger partial charge in [0.1, 0.15) is 6.17 Å². The van der Waals surface area contributed by atoms with Gasteiger partial charge in [-0.2, -0.15) is 5.26 Å². The van der Waals surface area contributed by atoms with Crippen molar-refractivity contribution in [1.82, 2.24) is 5.32 Å². The highest BCUT2D eigenvalue weighted by atomic mass is 15.1. The van der Waals surface area contributed by atoms with Crippen molar-refractivity contribution in [3.05, 3.63) is 232 Å². The molecule has 1 heterocycles. The monoisotopic (exact) mass is 691 g/mol. The molecule has 0 aromatic heterocycles. The molecule has 0 saturated heterocycles. The molecule has 10 rings (SSSR count). The van der Waals surface area contributed by atoms with Crippen LogP contribution in [-0.4, -0.2) is 5.71 Å². The standard InChI is InChI=1S/C51H37N3/c1-50(2)42-19-8-10-21-44(42)51(45-22-11-9-20-43(45)50)41-18-7-6-17-39(41)40-28-27-37(30-46(40)51)34-23-25-36(26-24-34)48-31-47(35-14-4-3-5-15-35)53-49(54-48)38-16-12-13-33(29-38)32-52/h3-31,49,54H,1-2H3. The average Bonchev–Trinajstić information content (AvgIpc) is 3.53. The lowest BCUT2D eigenvalue weighted by Gasteiger charge is -2.46. The molecule has 1 unspecified atom stereocenters. The van der Waals surface area contributed by atoms with Gasteiger partial charge in [-0.1, -0.05) is 166 Å². The van der Waals surface area contributed by atoms with E-state index in [1.807, 2.05) is 42.5 Å². The van der Waals surface area contributed by atoms with Crippen molar-refractivity contribution in [2.75, 3.05) is 0 Å². The van der Waals surface area contributed by atoms with Crippen molar-refractivity contribution < 1.29 is 0 Å². The lowest BCUT2D eigenvalue weighted by atomic mass is 9.55. The Labute approximate surface area is 316 Å². The molecule has 0 bridgehead atoms. The number of nitriles is 1. The van der Waals surface area contributed by atoms with E-state index in [2.05, 4.69) is 159 Å². The summed E-state index contributed by atoms with van der Waals surface area (Å²) in [5, 5.41) is 13.3. The summed E-state index contributed by atoms with van der Waals surface area (Å²) in [5.41, 5.74) is 18.2. The van der Waals surface area contributed by atoms with E-state index in [4.69, 9.17) is 4.99 Å². The van der Waals surface area contributed by atoms with Crippen LogP contribution in [0.2, 0.25) is 0 Å². The second-order valence-electron chi connectivity index (χ2n) is 15.1. The van der Waals surface area contributed by atoms with Crippen molar-refractivity contribution in [2.24, 2.45) is 4.99 Å². The summed E-state index contributed by atoms with van der Waals surface area (Å²) in [6.45, 7) is 4.74. The minimum atomic E-state index is -0.424. The zero-order chi connectivity index (χ0) is 36.4. The van der Waals surface area contributed by atoms with E-state index in [1.54, 1.807) is 0 Å². The molecule has 0 amide bonds. The average molecular weight is 692 g/mol. The van der Waals surface area contributed by atoms with Crippen molar-refractivity contribution in [3.63, 3.8) is 0 Å². The second kappa shape index (κ2) is 12.2. The predicted octanol–water partition coefficient (Wildman–Crippen LogP) is 11.4. The molecule has 7 aromatic carbocycles. The van der Waals surface area contributed by atoms with E-state index in [0.717, 1.165) is 33.7 Å². The second-order valence-corrected chi connectivity index (χ2v) is 15.1. The third kappa shape index (κ3) is 4.70. The van der Waals surface area contributed by atoms with E-state index in [0.29, 0.717) is 5.56 Å². The lowest BCUT2D eigenvalue weighted by molar-refractivity contribution is 0.563. The van der Waals surface area contributed by atoms with Crippen molar-refractivity contribution >= 4 is 11.4 Å². The molecule has 2 aliphatic carbocycles. The first-order valence-corrected chi connectivity index (χ1v) is 18.6. The molecule has 3 aliphatic rings. The van der Waals surface area contributed by atoms with Crippen LogP contribution >= 0.6 is 0 Å². The number of allylic oxidation sites excluding steroid dienone is 1. The topological polar surface area (TPSA) is 48.2 Å². The highest BCUT2D eigenvalue weighted by Crippen LogP contribution is 2.62. The molecule has 3 nitrogen and oxygen atoms in total. The number of fused-ring (bicyclic) bond motifs is 9. The van der Waals surface area contributed by atoms with Gasteiger partial charge in [-0.05, 0) is 96.6 Å². The molecule has 1 atom stereocenters. The zero-order valence-electron chi connectivity index (χ0n) is 30.2. The summed E-state index contributed by atoms with van der Waals surface area (Å²) in [6, 6.07) is 63.4. The van der Waals surface area contributed by atoms with Crippen LogP contribution in [0.15, 0.2) is 181 Å². The maximum absolute atomic E-state index is 9.60. The number of hydrogen-bond acceptors (Lipinski definition) is 3. The lowest BCUT2D eigenvalue weighted by Crippen LogP contribution is -2.40. The van der Waals surface area contributed by atoms with E-state index in [1.165, 1.54) is 50.1 Å². The Morgan fingerprint density at radius 1 is 0.519 bits per heavy atom. The van der Waals surface area contributed by atoms with Crippen molar-refractivity contribution in [3.8, 4) is 28.3 Å². The SMILES string of the molecule is CC1(C)c2ccccc2C2(c3ccccc3-c3ccc(-c4ccc(C5=CC(c6ccccc6)=NC(c6cccc(C#N)c6)N5)cc4)cc32)c2ccccc21. The third-order valence-electron chi connectivity index (χ3n) is 11.8. The van der Waals surface area contributed by atoms with Crippen LogP contribution in [0, 0.1) is 11.3 Å². The van der Waals surface area contributed by atoms with Gasteiger partial charge in [0.25, 0.3) is 0 Å². The molecule has 0 fully saturated rings. The molecular formula is C51H37N3. The number of nitrogens with zero attached hydrogens (tertiary/aromatic N) is 2. The summed E-state index contributed by atoms with van der Waals surface area (Å²) >= 11 is 0. The Bertz CT molecular complexity index is 2680. The molecule has 0 radical (unpaired) electrons. The Morgan fingerprint density at radius 2 is 1.11 bits per heavy atom. The quantitative estimate of drug-likeness (QED) is 0.200. The molecule has 256 valence electrons. The minimum Gasteiger partial charge on any atom is -0.360 e. The maximum Gasteiger partial charge on any atom is 0.145 e. The minimum absolute atomic E-state index is 0.131. The summed E-state index contributed by atoms with van der Waals surface area (Å²) < 4.78 is 0. The van der Waals surface area contributed by atoms with E-state index in [-0.39, 0.29) is 11.6 Å². The molecule has 54 heavy (non-hydrogen) atoms. The first-order valence-electron chi connectivity index (χ1n) is 18.6. The van der Waals surface area contributed by atoms with Gasteiger partial charge in [0.05, 0.1) is 22.8 Å². The van der Waals surface area contributed by atoms with Crippen LogP contribution in [0.25, 0.3) is 28.0 Å². The van der Waals surface area contributed by atoms with Crippen LogP contribution in [-0.2, 0) is 10.8 Å². The van der Waals surface area contributed by atoms with Crippen LogP contribution in [0.1, 0.15) is 75.6 Å². The van der Waals surface area contributed by atoms with Gasteiger partial charge in [0.2, 0.25) is 0 Å². The highest BCUT2D eigenvalue weighted by molar-refractivity contribution is 6.13.